The second kappa shape index (κ2) is 11.3. The Bertz CT molecular complexity index is 1160. The molecule has 0 aromatic heterocycles. The van der Waals surface area contributed by atoms with E-state index >= 15 is 0 Å². The van der Waals surface area contributed by atoms with E-state index in [1.165, 1.54) is 50.1 Å². The van der Waals surface area contributed by atoms with Crippen molar-refractivity contribution in [1.82, 2.24) is 0 Å². The first-order valence-electron chi connectivity index (χ1n) is 13.1. The van der Waals surface area contributed by atoms with Crippen molar-refractivity contribution >= 4 is 0 Å². The lowest BCUT2D eigenvalue weighted by Gasteiger charge is -2.34. The summed E-state index contributed by atoms with van der Waals surface area (Å²) in [5, 5.41) is 0. The number of rotatable bonds is 4. The van der Waals surface area contributed by atoms with E-state index in [-0.39, 0.29) is 5.41 Å². The van der Waals surface area contributed by atoms with Gasteiger partial charge in [0.1, 0.15) is 0 Å². The molecule has 0 spiro atoms. The fourth-order valence-electron chi connectivity index (χ4n) is 5.22. The highest BCUT2D eigenvalue weighted by Crippen LogP contribution is 2.56. The van der Waals surface area contributed by atoms with Crippen LogP contribution in [-0.4, -0.2) is 0 Å². The van der Waals surface area contributed by atoms with Crippen molar-refractivity contribution in [3.05, 3.63) is 130 Å². The molecule has 4 aromatic carbocycles. The topological polar surface area (TPSA) is 0 Å². The molecule has 176 valence electrons. The molecule has 0 heteroatoms. The van der Waals surface area contributed by atoms with Crippen LogP contribution in [0.25, 0.3) is 11.1 Å². The van der Waals surface area contributed by atoms with Crippen molar-refractivity contribution in [3.8, 4) is 11.1 Å². The lowest BCUT2D eigenvalue weighted by Crippen LogP contribution is -2.28. The summed E-state index contributed by atoms with van der Waals surface area (Å²) in [7, 11) is 0. The Hall–Kier alpha value is -3.12. The SMILES string of the molecule is CC.CC.CCc1ccc2c(c1)-c1cc(CC)ccc1C2(c1ccccc1)c1cccc(C)c1. The standard InChI is InChI=1S/C30H28.2C2H6/c1-4-22-14-16-28-26(19-22)27-20-23(5-2)15-17-29(27)30(28,24-11-7-6-8-12-24)25-13-9-10-21(3)18-25;2*1-2/h6-20H,4-5H2,1-3H3;2*1-2H3. The van der Waals surface area contributed by atoms with Crippen LogP contribution in [0.15, 0.2) is 91.0 Å². The average Bonchev–Trinajstić information content (AvgIpc) is 3.21. The highest BCUT2D eigenvalue weighted by molar-refractivity contribution is 5.87. The molecule has 0 unspecified atom stereocenters. The summed E-state index contributed by atoms with van der Waals surface area (Å²) in [4.78, 5) is 0. The van der Waals surface area contributed by atoms with Gasteiger partial charge < -0.3 is 0 Å². The van der Waals surface area contributed by atoms with Crippen molar-refractivity contribution < 1.29 is 0 Å². The van der Waals surface area contributed by atoms with E-state index in [1.54, 1.807) is 0 Å². The highest BCUT2D eigenvalue weighted by atomic mass is 14.5. The quantitative estimate of drug-likeness (QED) is 0.257. The molecule has 0 N–H and O–H groups in total. The minimum absolute atomic E-state index is 0.281. The number of aryl methyl sites for hydroxylation is 3. The molecule has 0 atom stereocenters. The van der Waals surface area contributed by atoms with Crippen molar-refractivity contribution in [3.63, 3.8) is 0 Å². The Morgan fingerprint density at radius 2 is 1.03 bits per heavy atom. The normalized spacial score (nSPS) is 12.4. The first-order chi connectivity index (χ1) is 16.7. The molecule has 0 aliphatic heterocycles. The van der Waals surface area contributed by atoms with Crippen LogP contribution in [0.5, 0.6) is 0 Å². The summed E-state index contributed by atoms with van der Waals surface area (Å²) < 4.78 is 0. The van der Waals surface area contributed by atoms with Crippen LogP contribution < -0.4 is 0 Å². The van der Waals surface area contributed by atoms with Crippen LogP contribution in [0, 0.1) is 6.92 Å². The Morgan fingerprint density at radius 1 is 0.529 bits per heavy atom. The molecule has 0 bridgehead atoms. The molecule has 0 nitrogen and oxygen atoms in total. The van der Waals surface area contributed by atoms with Gasteiger partial charge in [0.05, 0.1) is 5.41 Å². The molecule has 0 fully saturated rings. The summed E-state index contributed by atoms with van der Waals surface area (Å²) in [5.74, 6) is 0. The number of fused-ring (bicyclic) bond motifs is 3. The van der Waals surface area contributed by atoms with Crippen molar-refractivity contribution in [2.75, 3.05) is 0 Å². The molecular formula is C34H40. The Balaban J connectivity index is 0.000000771. The molecule has 34 heavy (non-hydrogen) atoms. The smallest absolute Gasteiger partial charge is 0.0683 e. The van der Waals surface area contributed by atoms with Gasteiger partial charge >= 0.3 is 0 Å². The largest absolute Gasteiger partial charge is 0.0713 e. The van der Waals surface area contributed by atoms with E-state index in [0.29, 0.717) is 0 Å². The third-order valence-electron chi connectivity index (χ3n) is 6.74. The minimum Gasteiger partial charge on any atom is -0.0683 e. The molecule has 0 saturated heterocycles. The number of hydrogen-bond acceptors (Lipinski definition) is 0. The summed E-state index contributed by atoms with van der Waals surface area (Å²) in [6.45, 7) is 14.7. The third-order valence-corrected chi connectivity index (χ3v) is 6.74. The minimum atomic E-state index is -0.281. The van der Waals surface area contributed by atoms with Crippen molar-refractivity contribution in [1.29, 1.82) is 0 Å². The Kier molecular flexibility index (Phi) is 8.51. The zero-order valence-electron chi connectivity index (χ0n) is 22.1. The van der Waals surface area contributed by atoms with Gasteiger partial charge in [-0.1, -0.05) is 138 Å². The van der Waals surface area contributed by atoms with Gasteiger partial charge in [-0.25, -0.2) is 0 Å². The van der Waals surface area contributed by atoms with E-state index < -0.39 is 0 Å². The maximum absolute atomic E-state index is 2.42. The number of hydrogen-bond donors (Lipinski definition) is 0. The van der Waals surface area contributed by atoms with Crippen LogP contribution in [0.3, 0.4) is 0 Å². The van der Waals surface area contributed by atoms with Gasteiger partial charge in [-0.05, 0) is 64.3 Å². The van der Waals surface area contributed by atoms with Crippen LogP contribution in [0.4, 0.5) is 0 Å². The van der Waals surface area contributed by atoms with Crippen LogP contribution >= 0.6 is 0 Å². The van der Waals surface area contributed by atoms with E-state index in [1.807, 2.05) is 27.7 Å². The molecule has 1 aliphatic rings. The predicted octanol–water partition coefficient (Wildman–Crippen LogP) is 9.54. The maximum Gasteiger partial charge on any atom is 0.0713 e. The monoisotopic (exact) mass is 448 g/mol. The maximum atomic E-state index is 2.42. The second-order valence-corrected chi connectivity index (χ2v) is 8.45. The van der Waals surface area contributed by atoms with Gasteiger partial charge in [-0.3, -0.25) is 0 Å². The molecule has 0 heterocycles. The fourth-order valence-corrected chi connectivity index (χ4v) is 5.22. The summed E-state index contributed by atoms with van der Waals surface area (Å²) in [5.41, 5.74) is 12.1. The summed E-state index contributed by atoms with van der Waals surface area (Å²) in [6.07, 6.45) is 2.11. The van der Waals surface area contributed by atoms with Gasteiger partial charge in [0.25, 0.3) is 0 Å². The van der Waals surface area contributed by atoms with Crippen molar-refractivity contribution in [2.45, 2.75) is 66.7 Å². The first-order valence-corrected chi connectivity index (χ1v) is 13.1. The molecule has 4 aromatic rings. The summed E-state index contributed by atoms with van der Waals surface area (Å²) >= 11 is 0. The number of benzene rings is 4. The van der Waals surface area contributed by atoms with Gasteiger partial charge in [0, 0.05) is 0 Å². The Labute approximate surface area is 207 Å². The Morgan fingerprint density at radius 3 is 1.50 bits per heavy atom. The predicted molar refractivity (Wildman–Crippen MR) is 150 cm³/mol. The molecule has 0 saturated carbocycles. The third kappa shape index (κ3) is 4.23. The fraction of sp³-hybridized carbons (Fsp3) is 0.294. The molecular weight excluding hydrogens is 408 g/mol. The first kappa shape index (κ1) is 25.5. The lowest BCUT2D eigenvalue weighted by atomic mass is 9.67. The van der Waals surface area contributed by atoms with Gasteiger partial charge in [0.15, 0.2) is 0 Å². The zero-order chi connectivity index (χ0) is 24.7. The van der Waals surface area contributed by atoms with E-state index in [9.17, 15) is 0 Å². The lowest BCUT2D eigenvalue weighted by molar-refractivity contribution is 0.766. The van der Waals surface area contributed by atoms with Gasteiger partial charge in [-0.15, -0.1) is 0 Å². The highest BCUT2D eigenvalue weighted by Gasteiger charge is 2.46. The van der Waals surface area contributed by atoms with Gasteiger partial charge in [0.2, 0.25) is 0 Å². The van der Waals surface area contributed by atoms with Crippen LogP contribution in [0.2, 0.25) is 0 Å². The summed E-state index contributed by atoms with van der Waals surface area (Å²) in [6, 6.07) is 34.4. The van der Waals surface area contributed by atoms with Gasteiger partial charge in [-0.2, -0.15) is 0 Å². The van der Waals surface area contributed by atoms with Crippen molar-refractivity contribution in [2.24, 2.45) is 0 Å². The second-order valence-electron chi connectivity index (χ2n) is 8.45. The zero-order valence-corrected chi connectivity index (χ0v) is 22.1. The molecule has 1 aliphatic carbocycles. The average molecular weight is 449 g/mol. The van der Waals surface area contributed by atoms with E-state index in [0.717, 1.165) is 12.8 Å². The van der Waals surface area contributed by atoms with Crippen LogP contribution in [-0.2, 0) is 18.3 Å². The van der Waals surface area contributed by atoms with E-state index in [4.69, 9.17) is 0 Å². The molecule has 5 rings (SSSR count). The molecule has 0 amide bonds. The molecule has 0 radical (unpaired) electrons. The van der Waals surface area contributed by atoms with Crippen LogP contribution in [0.1, 0.15) is 80.5 Å². The van der Waals surface area contributed by atoms with E-state index in [2.05, 4.69) is 112 Å².